The lowest BCUT2D eigenvalue weighted by Crippen LogP contribution is -2.55. The predicted octanol–water partition coefficient (Wildman–Crippen LogP) is -0.862. The maximum absolute atomic E-state index is 12.6. The van der Waals surface area contributed by atoms with E-state index < -0.39 is 6.10 Å². The maximum atomic E-state index is 12.6. The predicted molar refractivity (Wildman–Crippen MR) is 91.3 cm³/mol. The molecule has 1 aromatic carbocycles. The van der Waals surface area contributed by atoms with Crippen LogP contribution in [-0.2, 0) is 14.4 Å². The maximum Gasteiger partial charge on any atom is 0.267 e. The number of nitrogens with zero attached hydrogens (tertiary/aromatic N) is 2. The van der Waals surface area contributed by atoms with Crippen molar-refractivity contribution in [3.8, 4) is 11.5 Å². The number of amides is 3. The van der Waals surface area contributed by atoms with Gasteiger partial charge in [-0.25, -0.2) is 0 Å². The molecule has 9 nitrogen and oxygen atoms in total. The van der Waals surface area contributed by atoms with Gasteiger partial charge in [0.1, 0.15) is 6.61 Å². The molecule has 1 fully saturated rings. The number of carbonyl (C=O) groups is 3. The Morgan fingerprint density at radius 2 is 1.77 bits per heavy atom. The Balaban J connectivity index is 1.45. The topological polar surface area (TPSA) is 100 Å². The molecule has 26 heavy (non-hydrogen) atoms. The Morgan fingerprint density at radius 1 is 1.08 bits per heavy atom. The van der Waals surface area contributed by atoms with Crippen LogP contribution in [0.5, 0.6) is 11.5 Å². The number of hydrazine groups is 1. The molecule has 2 aliphatic rings. The van der Waals surface area contributed by atoms with Crippen molar-refractivity contribution in [2.24, 2.45) is 0 Å². The number of carbonyl (C=O) groups excluding carboxylic acids is 3. The molecule has 0 unspecified atom stereocenters. The van der Waals surface area contributed by atoms with Gasteiger partial charge >= 0.3 is 0 Å². The molecule has 3 rings (SSSR count). The summed E-state index contributed by atoms with van der Waals surface area (Å²) in [5, 5.41) is 0. The molecule has 9 heteroatoms. The highest BCUT2D eigenvalue weighted by atomic mass is 16.6. The zero-order valence-corrected chi connectivity index (χ0v) is 14.6. The Labute approximate surface area is 151 Å². The van der Waals surface area contributed by atoms with E-state index in [0.29, 0.717) is 37.7 Å². The summed E-state index contributed by atoms with van der Waals surface area (Å²) in [5.74, 6) is 0.490. The summed E-state index contributed by atoms with van der Waals surface area (Å²) in [6.07, 6.45) is -0.653. The Kier molecular flexibility index (Phi) is 5.57. The van der Waals surface area contributed by atoms with E-state index in [-0.39, 0.29) is 30.9 Å². The van der Waals surface area contributed by atoms with Crippen LogP contribution in [0.3, 0.4) is 0 Å². The largest absolute Gasteiger partial charge is 0.485 e. The summed E-state index contributed by atoms with van der Waals surface area (Å²) in [6, 6.07) is 7.27. The van der Waals surface area contributed by atoms with Gasteiger partial charge in [0.15, 0.2) is 11.5 Å². The van der Waals surface area contributed by atoms with Crippen LogP contribution < -0.4 is 20.3 Å². The second-order valence-electron chi connectivity index (χ2n) is 6.20. The SMILES string of the molecule is CC(=O)NNC(=O)CN1CCN(C(=O)[C@H]2COc3ccccc3O2)CC1. The summed E-state index contributed by atoms with van der Waals surface area (Å²) >= 11 is 0. The third kappa shape index (κ3) is 4.42. The molecule has 0 bridgehead atoms. The van der Waals surface area contributed by atoms with Crippen LogP contribution in [0.15, 0.2) is 24.3 Å². The van der Waals surface area contributed by atoms with Gasteiger partial charge in [-0.3, -0.25) is 30.1 Å². The van der Waals surface area contributed by atoms with Crippen LogP contribution in [0.25, 0.3) is 0 Å². The van der Waals surface area contributed by atoms with E-state index >= 15 is 0 Å². The van der Waals surface area contributed by atoms with Crippen molar-refractivity contribution in [2.45, 2.75) is 13.0 Å². The first-order valence-corrected chi connectivity index (χ1v) is 8.48. The number of para-hydroxylation sites is 2. The van der Waals surface area contributed by atoms with Crippen LogP contribution >= 0.6 is 0 Å². The van der Waals surface area contributed by atoms with E-state index in [1.54, 1.807) is 17.0 Å². The van der Waals surface area contributed by atoms with E-state index in [2.05, 4.69) is 10.9 Å². The summed E-state index contributed by atoms with van der Waals surface area (Å²) in [4.78, 5) is 38.8. The molecule has 3 amide bonds. The fourth-order valence-electron chi connectivity index (χ4n) is 2.87. The summed E-state index contributed by atoms with van der Waals surface area (Å²) in [5.41, 5.74) is 4.58. The van der Waals surface area contributed by atoms with Gasteiger partial charge in [0, 0.05) is 33.1 Å². The highest BCUT2D eigenvalue weighted by molar-refractivity contribution is 5.83. The zero-order valence-electron chi connectivity index (χ0n) is 14.6. The minimum atomic E-state index is -0.653. The fraction of sp³-hybridized carbons (Fsp3) is 0.471. The molecule has 2 N–H and O–H groups in total. The third-order valence-corrected chi connectivity index (χ3v) is 4.21. The summed E-state index contributed by atoms with van der Waals surface area (Å²) in [6.45, 7) is 3.84. The van der Waals surface area contributed by atoms with Crippen molar-refractivity contribution < 1.29 is 23.9 Å². The molecule has 0 spiro atoms. The minimum absolute atomic E-state index is 0.109. The smallest absolute Gasteiger partial charge is 0.267 e. The number of rotatable bonds is 3. The first-order valence-electron chi connectivity index (χ1n) is 8.48. The van der Waals surface area contributed by atoms with Crippen molar-refractivity contribution in [2.75, 3.05) is 39.3 Å². The average Bonchev–Trinajstić information content (AvgIpc) is 2.66. The number of hydrogen-bond donors (Lipinski definition) is 2. The fourth-order valence-corrected chi connectivity index (χ4v) is 2.87. The van der Waals surface area contributed by atoms with Gasteiger partial charge in [-0.2, -0.15) is 0 Å². The van der Waals surface area contributed by atoms with E-state index in [1.165, 1.54) is 6.92 Å². The van der Waals surface area contributed by atoms with E-state index in [9.17, 15) is 14.4 Å². The van der Waals surface area contributed by atoms with Gasteiger partial charge in [0.05, 0.1) is 6.54 Å². The number of fused-ring (bicyclic) bond motifs is 1. The molecule has 2 aliphatic heterocycles. The third-order valence-electron chi connectivity index (χ3n) is 4.21. The van der Waals surface area contributed by atoms with Gasteiger partial charge in [0.25, 0.3) is 11.8 Å². The molecule has 1 atom stereocenters. The Morgan fingerprint density at radius 3 is 2.46 bits per heavy atom. The van der Waals surface area contributed by atoms with Crippen LogP contribution in [0, 0.1) is 0 Å². The molecule has 0 aliphatic carbocycles. The second kappa shape index (κ2) is 8.05. The van der Waals surface area contributed by atoms with Crippen molar-refractivity contribution in [3.63, 3.8) is 0 Å². The zero-order chi connectivity index (χ0) is 18.5. The number of nitrogens with one attached hydrogen (secondary N) is 2. The number of ether oxygens (including phenoxy) is 2. The Bertz CT molecular complexity index is 687. The molecule has 0 saturated carbocycles. The quantitative estimate of drug-likeness (QED) is 0.679. The average molecular weight is 362 g/mol. The molecule has 0 aromatic heterocycles. The minimum Gasteiger partial charge on any atom is -0.485 e. The van der Waals surface area contributed by atoms with Crippen molar-refractivity contribution >= 4 is 17.7 Å². The second-order valence-corrected chi connectivity index (χ2v) is 6.20. The Hall–Kier alpha value is -2.81. The first kappa shape index (κ1) is 18.0. The van der Waals surface area contributed by atoms with Gasteiger partial charge < -0.3 is 14.4 Å². The molecule has 0 radical (unpaired) electrons. The van der Waals surface area contributed by atoms with Gasteiger partial charge in [-0.05, 0) is 12.1 Å². The lowest BCUT2D eigenvalue weighted by molar-refractivity contribution is -0.143. The van der Waals surface area contributed by atoms with E-state index in [0.717, 1.165) is 0 Å². The number of hydrogen-bond acceptors (Lipinski definition) is 6. The molecule has 140 valence electrons. The number of piperazine rings is 1. The van der Waals surface area contributed by atoms with Crippen LogP contribution in [-0.4, -0.2) is 73.0 Å². The monoisotopic (exact) mass is 362 g/mol. The standard InChI is InChI=1S/C17H22N4O5/c1-12(22)18-19-16(23)10-20-6-8-21(9-7-20)17(24)15-11-25-13-4-2-3-5-14(13)26-15/h2-5,15H,6-11H2,1H3,(H,18,22)(H,19,23)/t15-/m1/s1. The molecule has 2 heterocycles. The lowest BCUT2D eigenvalue weighted by Gasteiger charge is -2.36. The number of benzene rings is 1. The van der Waals surface area contributed by atoms with Crippen molar-refractivity contribution in [1.29, 1.82) is 0 Å². The van der Waals surface area contributed by atoms with E-state index in [4.69, 9.17) is 9.47 Å². The van der Waals surface area contributed by atoms with Crippen LogP contribution in [0.4, 0.5) is 0 Å². The highest BCUT2D eigenvalue weighted by Gasteiger charge is 2.32. The first-order chi connectivity index (χ1) is 12.5. The van der Waals surface area contributed by atoms with Crippen LogP contribution in [0.2, 0.25) is 0 Å². The van der Waals surface area contributed by atoms with Gasteiger partial charge in [-0.1, -0.05) is 12.1 Å². The summed E-state index contributed by atoms with van der Waals surface area (Å²) in [7, 11) is 0. The van der Waals surface area contributed by atoms with Crippen molar-refractivity contribution in [3.05, 3.63) is 24.3 Å². The normalized spacial score (nSPS) is 19.6. The molecular formula is C17H22N4O5. The lowest BCUT2D eigenvalue weighted by atomic mass is 10.2. The molecule has 1 aromatic rings. The van der Waals surface area contributed by atoms with Crippen molar-refractivity contribution in [1.82, 2.24) is 20.7 Å². The van der Waals surface area contributed by atoms with Gasteiger partial charge in [0.2, 0.25) is 12.0 Å². The van der Waals surface area contributed by atoms with Gasteiger partial charge in [-0.15, -0.1) is 0 Å². The highest BCUT2D eigenvalue weighted by Crippen LogP contribution is 2.31. The molecular weight excluding hydrogens is 340 g/mol. The van der Waals surface area contributed by atoms with Crippen LogP contribution in [0.1, 0.15) is 6.92 Å². The molecule has 1 saturated heterocycles. The van der Waals surface area contributed by atoms with E-state index in [1.807, 2.05) is 17.0 Å². The summed E-state index contributed by atoms with van der Waals surface area (Å²) < 4.78 is 11.4.